The van der Waals surface area contributed by atoms with Crippen molar-refractivity contribution in [1.82, 2.24) is 4.90 Å². The van der Waals surface area contributed by atoms with Gasteiger partial charge in [-0.05, 0) is 31.0 Å². The number of hydrogen-bond acceptors (Lipinski definition) is 5. The van der Waals surface area contributed by atoms with E-state index >= 15 is 0 Å². The van der Waals surface area contributed by atoms with Gasteiger partial charge < -0.3 is 15.2 Å². The Balaban J connectivity index is 2.15. The van der Waals surface area contributed by atoms with Crippen LogP contribution in [0.5, 0.6) is 5.75 Å². The van der Waals surface area contributed by atoms with Crippen molar-refractivity contribution >= 4 is 0 Å². The lowest BCUT2D eigenvalue weighted by molar-refractivity contribution is 0.01000. The number of rotatable bonds is 5. The van der Waals surface area contributed by atoms with Crippen LogP contribution in [0.1, 0.15) is 24.0 Å². The van der Waals surface area contributed by atoms with Crippen molar-refractivity contribution in [2.75, 3.05) is 27.3 Å². The van der Waals surface area contributed by atoms with Gasteiger partial charge in [-0.3, -0.25) is 4.90 Å². The van der Waals surface area contributed by atoms with E-state index in [-0.39, 0.29) is 0 Å². The first-order chi connectivity index (χ1) is 10.2. The number of hydrogen-bond donors (Lipinski definition) is 1. The van der Waals surface area contributed by atoms with Crippen LogP contribution in [0.4, 0.5) is 0 Å². The van der Waals surface area contributed by atoms with E-state index in [0.717, 1.165) is 37.2 Å². The number of nitrogens with two attached hydrogens (primary N) is 1. The first-order valence-electron chi connectivity index (χ1n) is 7.25. The second kappa shape index (κ2) is 7.41. The molecule has 21 heavy (non-hydrogen) atoms. The first kappa shape index (κ1) is 15.8. The van der Waals surface area contributed by atoms with Gasteiger partial charge in [0.25, 0.3) is 0 Å². The van der Waals surface area contributed by atoms with Crippen molar-refractivity contribution in [2.24, 2.45) is 5.73 Å². The third-order valence-electron chi connectivity index (χ3n) is 4.18. The first-order valence-corrected chi connectivity index (χ1v) is 7.25. The van der Waals surface area contributed by atoms with Gasteiger partial charge in [-0.15, -0.1) is 0 Å². The quantitative estimate of drug-likeness (QED) is 0.889. The van der Waals surface area contributed by atoms with E-state index in [1.807, 2.05) is 12.1 Å². The smallest absolute Gasteiger partial charge is 0.123 e. The normalized spacial score (nSPS) is 22.8. The van der Waals surface area contributed by atoms with E-state index in [9.17, 15) is 0 Å². The maximum Gasteiger partial charge on any atom is 0.123 e. The molecule has 2 atom stereocenters. The molecule has 1 saturated heterocycles. The molecule has 5 nitrogen and oxygen atoms in total. The zero-order valence-corrected chi connectivity index (χ0v) is 12.7. The minimum Gasteiger partial charge on any atom is -0.496 e. The van der Waals surface area contributed by atoms with Gasteiger partial charge in [0.15, 0.2) is 0 Å². The van der Waals surface area contributed by atoms with Crippen LogP contribution in [-0.2, 0) is 11.3 Å². The van der Waals surface area contributed by atoms with Gasteiger partial charge in [-0.1, -0.05) is 0 Å². The van der Waals surface area contributed by atoms with Crippen LogP contribution in [0.3, 0.4) is 0 Å². The molecule has 1 aliphatic heterocycles. The summed E-state index contributed by atoms with van der Waals surface area (Å²) in [6.07, 6.45) is 2.25. The average molecular weight is 289 g/mol. The summed E-state index contributed by atoms with van der Waals surface area (Å²) in [5, 5.41) is 9.06. The lowest BCUT2D eigenvalue weighted by Gasteiger charge is -2.38. The second-order valence-electron chi connectivity index (χ2n) is 5.38. The van der Waals surface area contributed by atoms with Crippen LogP contribution in [0, 0.1) is 11.3 Å². The molecule has 5 heteroatoms. The molecule has 2 rings (SSSR count). The van der Waals surface area contributed by atoms with Crippen LogP contribution in [-0.4, -0.2) is 44.4 Å². The molecule has 0 radical (unpaired) electrons. The molecule has 1 aromatic carbocycles. The second-order valence-corrected chi connectivity index (χ2v) is 5.38. The summed E-state index contributed by atoms with van der Waals surface area (Å²) >= 11 is 0. The van der Waals surface area contributed by atoms with Gasteiger partial charge in [-0.2, -0.15) is 5.26 Å². The number of piperidine rings is 1. The maximum absolute atomic E-state index is 9.06. The Hall–Kier alpha value is -1.61. The highest BCUT2D eigenvalue weighted by Gasteiger charge is 2.28. The minimum atomic E-state index is 0.294. The summed E-state index contributed by atoms with van der Waals surface area (Å²) in [7, 11) is 3.41. The molecular formula is C16H23N3O2. The van der Waals surface area contributed by atoms with Crippen molar-refractivity contribution in [3.05, 3.63) is 29.3 Å². The number of methoxy groups -OCH3 is 2. The predicted octanol–water partition coefficient (Wildman–Crippen LogP) is 1.50. The molecule has 0 bridgehead atoms. The molecule has 0 aliphatic carbocycles. The lowest BCUT2D eigenvalue weighted by Crippen LogP contribution is -2.48. The van der Waals surface area contributed by atoms with Crippen molar-refractivity contribution < 1.29 is 9.47 Å². The maximum atomic E-state index is 9.06. The fourth-order valence-electron chi connectivity index (χ4n) is 2.92. The summed E-state index contributed by atoms with van der Waals surface area (Å²) in [4.78, 5) is 2.36. The topological polar surface area (TPSA) is 71.5 Å². The Morgan fingerprint density at radius 1 is 1.43 bits per heavy atom. The molecule has 2 N–H and O–H groups in total. The number of benzene rings is 1. The molecule has 1 aromatic rings. The summed E-state index contributed by atoms with van der Waals surface area (Å²) in [5.41, 5.74) is 7.60. The van der Waals surface area contributed by atoms with Gasteiger partial charge in [-0.25, -0.2) is 0 Å². The molecule has 0 spiro atoms. The van der Waals surface area contributed by atoms with Crippen molar-refractivity contribution in [2.45, 2.75) is 31.5 Å². The van der Waals surface area contributed by atoms with Gasteiger partial charge >= 0.3 is 0 Å². The summed E-state index contributed by atoms with van der Waals surface area (Å²) < 4.78 is 10.9. The Morgan fingerprint density at radius 3 is 2.86 bits per heavy atom. The van der Waals surface area contributed by atoms with Crippen molar-refractivity contribution in [1.29, 1.82) is 5.26 Å². The summed E-state index contributed by atoms with van der Waals surface area (Å²) in [6.45, 7) is 2.30. The van der Waals surface area contributed by atoms with E-state index in [2.05, 4.69) is 11.0 Å². The Morgan fingerprint density at radius 2 is 2.24 bits per heavy atom. The van der Waals surface area contributed by atoms with Crippen LogP contribution in [0.15, 0.2) is 18.2 Å². The van der Waals surface area contributed by atoms with Gasteiger partial charge in [0.2, 0.25) is 0 Å². The van der Waals surface area contributed by atoms with Crippen LogP contribution in [0.25, 0.3) is 0 Å². The van der Waals surface area contributed by atoms with Crippen LogP contribution < -0.4 is 10.5 Å². The Kier molecular flexibility index (Phi) is 5.57. The lowest BCUT2D eigenvalue weighted by atomic mass is 9.98. The SMILES string of the molecule is COc1ccc(C#N)cc1CN1CCC(OC)CC1CN. The third kappa shape index (κ3) is 3.73. The highest BCUT2D eigenvalue weighted by Crippen LogP contribution is 2.26. The highest BCUT2D eigenvalue weighted by molar-refractivity contribution is 5.42. The van der Waals surface area contributed by atoms with E-state index < -0.39 is 0 Å². The van der Waals surface area contributed by atoms with E-state index in [1.165, 1.54) is 0 Å². The van der Waals surface area contributed by atoms with Gasteiger partial charge in [0, 0.05) is 38.3 Å². The largest absolute Gasteiger partial charge is 0.496 e. The molecule has 114 valence electrons. The van der Waals surface area contributed by atoms with Crippen molar-refractivity contribution in [3.63, 3.8) is 0 Å². The molecule has 1 aliphatic rings. The summed E-state index contributed by atoms with van der Waals surface area (Å²) in [6, 6.07) is 8.01. The Bertz CT molecular complexity index is 513. The Labute approximate surface area is 126 Å². The van der Waals surface area contributed by atoms with Crippen molar-refractivity contribution in [3.8, 4) is 11.8 Å². The highest BCUT2D eigenvalue weighted by atomic mass is 16.5. The van der Waals surface area contributed by atoms with Crippen LogP contribution >= 0.6 is 0 Å². The number of likely N-dealkylation sites (tertiary alicyclic amines) is 1. The fourth-order valence-corrected chi connectivity index (χ4v) is 2.92. The number of nitrogens with zero attached hydrogens (tertiary/aromatic N) is 2. The van der Waals surface area contributed by atoms with E-state index in [1.54, 1.807) is 20.3 Å². The monoisotopic (exact) mass is 289 g/mol. The van der Waals surface area contributed by atoms with E-state index in [0.29, 0.717) is 24.3 Å². The van der Waals surface area contributed by atoms with Gasteiger partial charge in [0.05, 0.1) is 24.8 Å². The van der Waals surface area contributed by atoms with E-state index in [4.69, 9.17) is 20.5 Å². The average Bonchev–Trinajstić information content (AvgIpc) is 2.55. The zero-order chi connectivity index (χ0) is 15.2. The van der Waals surface area contributed by atoms with Crippen LogP contribution in [0.2, 0.25) is 0 Å². The zero-order valence-electron chi connectivity index (χ0n) is 12.7. The molecule has 1 fully saturated rings. The predicted molar refractivity (Wildman–Crippen MR) is 81.0 cm³/mol. The molecule has 0 saturated carbocycles. The minimum absolute atomic E-state index is 0.294. The number of ether oxygens (including phenoxy) is 2. The molecule has 0 aromatic heterocycles. The number of nitriles is 1. The summed E-state index contributed by atoms with van der Waals surface area (Å²) in [5.74, 6) is 0.818. The standard InChI is InChI=1S/C16H23N3O2/c1-20-15-5-6-19(14(8-15)10-18)11-13-7-12(9-17)3-4-16(13)21-2/h3-4,7,14-15H,5-6,8,10-11,18H2,1-2H3. The fraction of sp³-hybridized carbons (Fsp3) is 0.562. The third-order valence-corrected chi connectivity index (χ3v) is 4.18. The van der Waals surface area contributed by atoms with Gasteiger partial charge in [0.1, 0.15) is 5.75 Å². The molecular weight excluding hydrogens is 266 g/mol. The molecule has 0 amide bonds. The molecule has 1 heterocycles. The molecule has 2 unspecified atom stereocenters.